The van der Waals surface area contributed by atoms with Gasteiger partial charge in [-0.05, 0) is 62.2 Å². The fraction of sp³-hybridized carbons (Fsp3) is 0.812. The van der Waals surface area contributed by atoms with Crippen molar-refractivity contribution < 1.29 is 111 Å². The molecule has 103 heavy (non-hydrogen) atoms. The summed E-state index contributed by atoms with van der Waals surface area (Å²) >= 11 is 0. The topological polar surface area (TPSA) is 293 Å². The molecule has 0 aromatic carbocycles. The van der Waals surface area contributed by atoms with Crippen molar-refractivity contribution in [1.29, 1.82) is 0 Å². The van der Waals surface area contributed by atoms with Crippen molar-refractivity contribution in [3.63, 3.8) is 0 Å². The molecule has 591 valence electrons. The van der Waals surface area contributed by atoms with Crippen molar-refractivity contribution in [2.45, 2.75) is 271 Å². The first kappa shape index (κ1) is 101. The summed E-state index contributed by atoms with van der Waals surface area (Å²) < 4.78 is 27.7. The van der Waals surface area contributed by atoms with Crippen molar-refractivity contribution in [3.8, 4) is 47.4 Å². The number of unbranched alkanes of at least 4 members (excludes halogenated alkanes) is 32. The van der Waals surface area contributed by atoms with Crippen LogP contribution >= 0.6 is 0 Å². The van der Waals surface area contributed by atoms with E-state index in [4.69, 9.17) is 23.7 Å². The van der Waals surface area contributed by atoms with Crippen LogP contribution in [0.2, 0.25) is 0 Å². The van der Waals surface area contributed by atoms with Crippen LogP contribution in [-0.4, -0.2) is 207 Å². The van der Waals surface area contributed by atoms with E-state index in [1.165, 1.54) is 143 Å². The Balaban J connectivity index is 0. The summed E-state index contributed by atoms with van der Waals surface area (Å²) in [6.45, 7) is 7.41. The van der Waals surface area contributed by atoms with Gasteiger partial charge in [-0.2, -0.15) is 0 Å². The van der Waals surface area contributed by atoms with Crippen LogP contribution in [0.25, 0.3) is 0 Å². The number of carboxylic acids is 3. The maximum absolute atomic E-state index is 12.6. The Morgan fingerprint density at radius 3 is 0.718 bits per heavy atom. The van der Waals surface area contributed by atoms with Gasteiger partial charge >= 0.3 is 38.2 Å². The van der Waals surface area contributed by atoms with E-state index in [1.54, 1.807) is 0 Å². The van der Waals surface area contributed by atoms with Gasteiger partial charge in [0, 0.05) is 136 Å². The largest absolute Gasteiger partial charge is 3.00 e. The summed E-state index contributed by atoms with van der Waals surface area (Å²) in [6, 6.07) is 0. The van der Waals surface area contributed by atoms with Gasteiger partial charge in [0.05, 0.1) is 84.0 Å². The van der Waals surface area contributed by atoms with Crippen LogP contribution in [0.15, 0.2) is 0 Å². The van der Waals surface area contributed by atoms with Crippen molar-refractivity contribution in [1.82, 2.24) is 36.0 Å². The van der Waals surface area contributed by atoms with E-state index in [-0.39, 0.29) is 153 Å². The van der Waals surface area contributed by atoms with Gasteiger partial charge in [0.1, 0.15) is 0 Å². The van der Waals surface area contributed by atoms with Crippen molar-refractivity contribution in [2.24, 2.45) is 0 Å². The minimum Gasteiger partial charge on any atom is -0.549 e. The zero-order chi connectivity index (χ0) is 74.3. The summed E-state index contributed by atoms with van der Waals surface area (Å²) in [4.78, 5) is 88.8. The van der Waals surface area contributed by atoms with E-state index in [0.29, 0.717) is 65.6 Å². The molecule has 0 aliphatic heterocycles. The normalized spacial score (nSPS) is 10.8. The Labute approximate surface area is 653 Å². The number of hydrogen-bond acceptors (Lipinski definition) is 18. The van der Waals surface area contributed by atoms with Gasteiger partial charge in [-0.25, -0.2) is 0 Å². The fourth-order valence-corrected chi connectivity index (χ4v) is 11.0. The molecule has 0 spiro atoms. The van der Waals surface area contributed by atoms with Crippen LogP contribution in [0.1, 0.15) is 271 Å². The number of carbonyl (C=O) groups is 7. The minimum absolute atomic E-state index is 0. The van der Waals surface area contributed by atoms with Gasteiger partial charge in [0.2, 0.25) is 23.6 Å². The second-order valence-corrected chi connectivity index (χ2v) is 26.2. The van der Waals surface area contributed by atoms with E-state index in [0.717, 1.165) is 103 Å². The number of nitrogens with one attached hydrogen (secondary N) is 4. The molecule has 0 unspecified atom stereocenters. The number of ether oxygens (including phenoxy) is 5. The number of nitrogens with zero attached hydrogens (tertiary/aromatic N) is 3. The predicted molar refractivity (Wildman–Crippen MR) is 398 cm³/mol. The molecule has 0 saturated carbocycles. The van der Waals surface area contributed by atoms with Crippen LogP contribution in [0, 0.1) is 85.5 Å². The number of rotatable bonds is 75. The minimum atomic E-state index is -1.40. The molecule has 0 aromatic rings. The maximum Gasteiger partial charge on any atom is 3.00 e. The number of aliphatic carboxylic acids is 3. The molecular formula is C80H136DyN7O15. The average Bonchev–Trinajstić information content (AvgIpc) is 1.00. The molecule has 0 saturated heterocycles. The molecule has 0 heterocycles. The predicted octanol–water partition coefficient (Wildman–Crippen LogP) is 7.35. The second kappa shape index (κ2) is 81.6. The Kier molecular flexibility index (Phi) is 79.6. The standard InChI is InChI=1S/C80H139N7O15.Dy/c1-3-5-7-9-11-13-15-17-19-21-23-25-27-29-31-33-35-37-39-41-43-45-47-74(88)81-51-61-98-65-66-99-63-53-83-76(90)49-55-85(71-78(92)93)57-59-87(73-80(96)97)60-58-86(72-79(94)95)56-50-77(91)84-54-64-101-68-70-102-69-67-100-62-52-82-75(89)48-46-44-42-40-38-36-34-32-30-28-26-24-22-20-18-16-14-12-10-8-6-4-2;/h3-24,33-73H2,1-2H3,(H,81,88)(H,82,89)(H,83,90)(H,84,91)(H,92,93)(H,94,95)(H,96,97);/q;+3/p-3. The van der Waals surface area contributed by atoms with E-state index in [9.17, 15) is 48.9 Å². The number of amides is 4. The summed E-state index contributed by atoms with van der Waals surface area (Å²) in [5.41, 5.74) is 0. The Bertz CT molecular complexity index is 2350. The van der Waals surface area contributed by atoms with Crippen molar-refractivity contribution in [2.75, 3.05) is 151 Å². The van der Waals surface area contributed by atoms with Crippen molar-refractivity contribution in [3.05, 3.63) is 0 Å². The molecule has 4 N–H and O–H groups in total. The van der Waals surface area contributed by atoms with Gasteiger partial charge in [0.15, 0.2) is 0 Å². The molecule has 0 aliphatic carbocycles. The Morgan fingerprint density at radius 2 is 0.476 bits per heavy atom. The number of carboxylic acid groups (broad SMARTS) is 3. The van der Waals surface area contributed by atoms with Crippen molar-refractivity contribution >= 4 is 41.5 Å². The van der Waals surface area contributed by atoms with Gasteiger partial charge in [0.25, 0.3) is 0 Å². The van der Waals surface area contributed by atoms with Crippen LogP contribution in [0.3, 0.4) is 0 Å². The molecule has 0 aromatic heterocycles. The number of carbonyl (C=O) groups excluding carboxylic acids is 7. The summed E-state index contributed by atoms with van der Waals surface area (Å²) in [5.74, 6) is 19.9. The monoisotopic (exact) mass is 1600 g/mol. The third-order valence-corrected chi connectivity index (χ3v) is 16.9. The molecule has 1 radical (unpaired) electrons. The first-order valence-corrected chi connectivity index (χ1v) is 39.5. The first-order valence-electron chi connectivity index (χ1n) is 39.5. The molecule has 0 aliphatic rings. The van der Waals surface area contributed by atoms with Gasteiger partial charge in [-0.1, -0.05) is 204 Å². The molecule has 4 amide bonds. The van der Waals surface area contributed by atoms with Crippen LogP contribution < -0.4 is 36.6 Å². The van der Waals surface area contributed by atoms with Crippen LogP contribution in [-0.2, 0) is 57.2 Å². The molecule has 0 atom stereocenters. The molecular weight excluding hydrogens is 1460 g/mol. The summed E-state index contributed by atoms with van der Waals surface area (Å²) in [7, 11) is 0. The Morgan fingerprint density at radius 1 is 0.272 bits per heavy atom. The van der Waals surface area contributed by atoms with Gasteiger partial charge < -0.3 is 74.7 Å². The fourth-order valence-electron chi connectivity index (χ4n) is 11.0. The summed E-state index contributed by atoms with van der Waals surface area (Å²) in [6.07, 6.45) is 43.8. The molecule has 0 bridgehead atoms. The third kappa shape index (κ3) is 81.4. The van der Waals surface area contributed by atoms with Gasteiger partial charge in [-0.3, -0.25) is 33.9 Å². The molecule has 0 rings (SSSR count). The first-order chi connectivity index (χ1) is 49.9. The summed E-state index contributed by atoms with van der Waals surface area (Å²) in [5, 5.41) is 46.1. The average molecular weight is 1600 g/mol. The second-order valence-electron chi connectivity index (χ2n) is 26.2. The van der Waals surface area contributed by atoms with Crippen LogP contribution in [0.5, 0.6) is 0 Å². The molecule has 23 heteroatoms. The smallest absolute Gasteiger partial charge is 0.549 e. The van der Waals surface area contributed by atoms with E-state index < -0.39 is 37.5 Å². The molecule has 0 fully saturated rings. The Hall–Kier alpha value is -4.52. The zero-order valence-electron chi connectivity index (χ0n) is 63.8. The number of hydrogen-bond donors (Lipinski definition) is 4. The van der Waals surface area contributed by atoms with Crippen LogP contribution in [0.4, 0.5) is 0 Å². The van der Waals surface area contributed by atoms with E-state index >= 15 is 0 Å². The van der Waals surface area contributed by atoms with E-state index in [1.807, 2.05) is 0 Å². The maximum atomic E-state index is 12.6. The third-order valence-electron chi connectivity index (χ3n) is 16.9. The molecule has 22 nitrogen and oxygen atoms in total. The quantitative estimate of drug-likeness (QED) is 0.0342. The zero-order valence-corrected chi connectivity index (χ0v) is 65.9. The van der Waals surface area contributed by atoms with E-state index in [2.05, 4.69) is 82.5 Å². The van der Waals surface area contributed by atoms with Gasteiger partial charge in [-0.15, -0.1) is 0 Å². The SMILES string of the molecule is CCCCCCCCCCCCC#CC#CCCCCCCCCC(=O)NCCOCCOCCNC(=O)CCN(CCN(CCN(CCC(=O)NCCOCCOCCOCCNC(=O)CCCCCCCCC#CC#CCCCCCCCCCCCC)CC(=O)[O-])CC(=O)[O-])CC(=O)[O-].[Dy+3].